The van der Waals surface area contributed by atoms with Gasteiger partial charge in [0.2, 0.25) is 0 Å². The van der Waals surface area contributed by atoms with Gasteiger partial charge < -0.3 is 5.32 Å². The topological polar surface area (TPSA) is 46.9 Å². The van der Waals surface area contributed by atoms with E-state index >= 15 is 0 Å². The summed E-state index contributed by atoms with van der Waals surface area (Å²) in [5, 5.41) is 2.63. The van der Waals surface area contributed by atoms with Gasteiger partial charge in [0.15, 0.2) is 0 Å². The Morgan fingerprint density at radius 2 is 2.04 bits per heavy atom. The standard InChI is InChI=1S/C15H11Cl2F2N3OS/c1-7(20-14(23)8-6-11(16)24-12(8)17)13-21-9-4-2-3-5-10(9)22(13)15(18)19/h2-7,15H,1H3,(H,20,23)/t7-/m0/s1. The smallest absolute Gasteiger partial charge is 0.320 e. The van der Waals surface area contributed by atoms with E-state index in [1.165, 1.54) is 6.07 Å². The molecule has 0 aliphatic heterocycles. The van der Waals surface area contributed by atoms with Crippen molar-refractivity contribution < 1.29 is 13.6 Å². The molecule has 1 amide bonds. The van der Waals surface area contributed by atoms with Gasteiger partial charge in [0.1, 0.15) is 10.2 Å². The summed E-state index contributed by atoms with van der Waals surface area (Å²) in [5.41, 5.74) is 0.948. The molecule has 9 heteroatoms. The van der Waals surface area contributed by atoms with Crippen LogP contribution in [0, 0.1) is 0 Å². The average molecular weight is 390 g/mol. The number of hydrogen-bond acceptors (Lipinski definition) is 3. The molecule has 0 saturated heterocycles. The molecule has 24 heavy (non-hydrogen) atoms. The number of amides is 1. The molecule has 0 fully saturated rings. The van der Waals surface area contributed by atoms with E-state index < -0.39 is 18.5 Å². The lowest BCUT2D eigenvalue weighted by atomic mass is 10.2. The van der Waals surface area contributed by atoms with E-state index in [4.69, 9.17) is 23.2 Å². The second kappa shape index (κ2) is 6.66. The Morgan fingerprint density at radius 1 is 1.33 bits per heavy atom. The first-order chi connectivity index (χ1) is 11.4. The summed E-state index contributed by atoms with van der Waals surface area (Å²) in [6, 6.07) is 7.26. The summed E-state index contributed by atoms with van der Waals surface area (Å²) in [7, 11) is 0. The second-order valence-electron chi connectivity index (χ2n) is 5.04. The van der Waals surface area contributed by atoms with Gasteiger partial charge in [-0.3, -0.25) is 9.36 Å². The minimum atomic E-state index is -2.77. The summed E-state index contributed by atoms with van der Waals surface area (Å²) >= 11 is 12.8. The van der Waals surface area contributed by atoms with Gasteiger partial charge in [-0.2, -0.15) is 8.78 Å². The maximum Gasteiger partial charge on any atom is 0.320 e. The third-order valence-corrected chi connectivity index (χ3v) is 4.94. The first-order valence-electron chi connectivity index (χ1n) is 6.89. The van der Waals surface area contributed by atoms with Crippen LogP contribution in [0.1, 0.15) is 35.7 Å². The molecule has 0 radical (unpaired) electrons. The molecule has 3 rings (SSSR count). The number of para-hydroxylation sites is 2. The summed E-state index contributed by atoms with van der Waals surface area (Å²) in [6.45, 7) is -1.19. The lowest BCUT2D eigenvalue weighted by molar-refractivity contribution is 0.0688. The number of hydrogen-bond donors (Lipinski definition) is 1. The van der Waals surface area contributed by atoms with Crippen LogP contribution in [0.3, 0.4) is 0 Å². The van der Waals surface area contributed by atoms with Crippen LogP contribution in [-0.2, 0) is 0 Å². The van der Waals surface area contributed by atoms with E-state index in [-0.39, 0.29) is 15.7 Å². The van der Waals surface area contributed by atoms with Gasteiger partial charge in [-0.25, -0.2) is 4.98 Å². The van der Waals surface area contributed by atoms with Gasteiger partial charge in [-0.15, -0.1) is 11.3 Å². The quantitative estimate of drug-likeness (QED) is 0.658. The Hall–Kier alpha value is -1.70. The summed E-state index contributed by atoms with van der Waals surface area (Å²) in [4.78, 5) is 16.5. The number of imidazole rings is 1. The Bertz CT molecular complexity index is 909. The average Bonchev–Trinajstić information content (AvgIpc) is 3.07. The highest BCUT2D eigenvalue weighted by Crippen LogP contribution is 2.32. The molecule has 4 nitrogen and oxygen atoms in total. The number of alkyl halides is 2. The maximum atomic E-state index is 13.5. The van der Waals surface area contributed by atoms with Crippen molar-refractivity contribution in [2.45, 2.75) is 19.5 Å². The van der Waals surface area contributed by atoms with Crippen LogP contribution < -0.4 is 5.32 Å². The number of nitrogens with zero attached hydrogens (tertiary/aromatic N) is 2. The highest BCUT2D eigenvalue weighted by Gasteiger charge is 2.24. The molecule has 1 aromatic carbocycles. The molecule has 0 unspecified atom stereocenters. The van der Waals surface area contributed by atoms with Crippen molar-refractivity contribution in [1.29, 1.82) is 0 Å². The fraction of sp³-hybridized carbons (Fsp3) is 0.200. The zero-order valence-electron chi connectivity index (χ0n) is 12.3. The van der Waals surface area contributed by atoms with Crippen molar-refractivity contribution in [1.82, 2.24) is 14.9 Å². The zero-order chi connectivity index (χ0) is 17.4. The normalized spacial score (nSPS) is 12.8. The molecule has 3 aromatic rings. The van der Waals surface area contributed by atoms with Crippen LogP contribution in [0.15, 0.2) is 30.3 Å². The van der Waals surface area contributed by atoms with Crippen molar-refractivity contribution in [3.63, 3.8) is 0 Å². The molecular weight excluding hydrogens is 379 g/mol. The van der Waals surface area contributed by atoms with E-state index in [1.54, 1.807) is 31.2 Å². The molecule has 1 atom stereocenters. The number of carbonyl (C=O) groups excluding carboxylic acids is 1. The van der Waals surface area contributed by atoms with Crippen LogP contribution in [-0.4, -0.2) is 15.5 Å². The van der Waals surface area contributed by atoms with Crippen molar-refractivity contribution in [3.05, 3.63) is 50.4 Å². The molecule has 0 saturated carbocycles. The maximum absolute atomic E-state index is 13.5. The highest BCUT2D eigenvalue weighted by atomic mass is 35.5. The summed E-state index contributed by atoms with van der Waals surface area (Å²) in [5.74, 6) is -0.430. The first kappa shape index (κ1) is 17.1. The van der Waals surface area contributed by atoms with E-state index in [9.17, 15) is 13.6 Å². The van der Waals surface area contributed by atoms with Crippen LogP contribution in [0.2, 0.25) is 8.67 Å². The van der Waals surface area contributed by atoms with Crippen molar-refractivity contribution in [3.8, 4) is 0 Å². The molecule has 2 heterocycles. The Balaban J connectivity index is 1.94. The number of fused-ring (bicyclic) bond motifs is 1. The molecule has 1 N–H and O–H groups in total. The Labute approximate surface area is 150 Å². The van der Waals surface area contributed by atoms with Gasteiger partial charge in [-0.1, -0.05) is 35.3 Å². The largest absolute Gasteiger partial charge is 0.342 e. The monoisotopic (exact) mass is 389 g/mol. The van der Waals surface area contributed by atoms with Crippen LogP contribution in [0.25, 0.3) is 11.0 Å². The number of carbonyl (C=O) groups is 1. The van der Waals surface area contributed by atoms with Crippen molar-refractivity contribution >= 4 is 51.5 Å². The number of rotatable bonds is 4. The number of halogens is 4. The van der Waals surface area contributed by atoms with Crippen LogP contribution >= 0.6 is 34.5 Å². The van der Waals surface area contributed by atoms with Gasteiger partial charge in [-0.05, 0) is 25.1 Å². The van der Waals surface area contributed by atoms with E-state index in [0.29, 0.717) is 15.4 Å². The molecule has 0 bridgehead atoms. The number of thiophene rings is 1. The number of benzene rings is 1. The van der Waals surface area contributed by atoms with Gasteiger partial charge in [0.05, 0.1) is 27.0 Å². The number of aromatic nitrogens is 2. The third kappa shape index (κ3) is 3.11. The first-order valence-corrected chi connectivity index (χ1v) is 8.46. The van der Waals surface area contributed by atoms with E-state index in [0.717, 1.165) is 15.9 Å². The molecule has 0 spiro atoms. The predicted molar refractivity (Wildman–Crippen MR) is 91.2 cm³/mol. The molecule has 0 aliphatic carbocycles. The minimum Gasteiger partial charge on any atom is -0.342 e. The molecule has 2 aromatic heterocycles. The fourth-order valence-electron chi connectivity index (χ4n) is 2.41. The van der Waals surface area contributed by atoms with E-state index in [2.05, 4.69) is 10.3 Å². The Kier molecular flexibility index (Phi) is 4.76. The predicted octanol–water partition coefficient (Wildman–Crippen LogP) is 5.29. The van der Waals surface area contributed by atoms with Crippen LogP contribution in [0.5, 0.6) is 0 Å². The van der Waals surface area contributed by atoms with Gasteiger partial charge >= 0.3 is 6.55 Å². The van der Waals surface area contributed by atoms with E-state index in [1.807, 2.05) is 0 Å². The van der Waals surface area contributed by atoms with Crippen molar-refractivity contribution in [2.24, 2.45) is 0 Å². The lowest BCUT2D eigenvalue weighted by Gasteiger charge is -2.15. The number of nitrogens with one attached hydrogen (secondary N) is 1. The highest BCUT2D eigenvalue weighted by molar-refractivity contribution is 7.20. The molecular formula is C15H11Cl2F2N3OS. The summed E-state index contributed by atoms with van der Waals surface area (Å²) < 4.78 is 28.3. The third-order valence-electron chi connectivity index (χ3n) is 3.45. The summed E-state index contributed by atoms with van der Waals surface area (Å²) in [6.07, 6.45) is 0. The van der Waals surface area contributed by atoms with Gasteiger partial charge in [0.25, 0.3) is 5.91 Å². The lowest BCUT2D eigenvalue weighted by Crippen LogP contribution is -2.28. The van der Waals surface area contributed by atoms with Crippen molar-refractivity contribution in [2.75, 3.05) is 0 Å². The van der Waals surface area contributed by atoms with Gasteiger partial charge in [0, 0.05) is 0 Å². The molecule has 0 aliphatic rings. The molecule has 126 valence electrons. The van der Waals surface area contributed by atoms with Crippen LogP contribution in [0.4, 0.5) is 8.78 Å². The Morgan fingerprint density at radius 3 is 2.67 bits per heavy atom. The minimum absolute atomic E-state index is 0.0667. The zero-order valence-corrected chi connectivity index (χ0v) is 14.6. The second-order valence-corrected chi connectivity index (χ2v) is 7.32. The SMILES string of the molecule is C[C@H](NC(=O)c1cc(Cl)sc1Cl)c1nc2ccccc2n1C(F)F. The fourth-order valence-corrected chi connectivity index (χ4v) is 3.87.